The fourth-order valence-corrected chi connectivity index (χ4v) is 1.61. The number of nitrogens with one attached hydrogen (secondary N) is 1. The lowest BCUT2D eigenvalue weighted by Crippen LogP contribution is -2.22. The number of hydrogen-bond donors (Lipinski definition) is 1. The lowest BCUT2D eigenvalue weighted by molar-refractivity contribution is -0.109. The molecule has 0 aliphatic carbocycles. The molecule has 4 nitrogen and oxygen atoms in total. The van der Waals surface area contributed by atoms with Gasteiger partial charge in [-0.25, -0.2) is 0 Å². The van der Waals surface area contributed by atoms with E-state index in [1.165, 1.54) is 0 Å². The molecule has 1 aliphatic rings. The Bertz CT molecular complexity index is 213. The third-order valence-corrected chi connectivity index (χ3v) is 2.38. The second-order valence-electron chi connectivity index (χ2n) is 4.00. The highest BCUT2D eigenvalue weighted by atomic mass is 16.1. The van der Waals surface area contributed by atoms with E-state index >= 15 is 0 Å². The lowest BCUT2D eigenvalue weighted by Gasteiger charge is -2.09. The Balaban J connectivity index is 0. The van der Waals surface area contributed by atoms with Crippen LogP contribution in [0.3, 0.4) is 0 Å². The summed E-state index contributed by atoms with van der Waals surface area (Å²) in [5.41, 5.74) is 0. The summed E-state index contributed by atoms with van der Waals surface area (Å²) in [4.78, 5) is 11.6. The standard InChI is InChI=1S/C7H12N2.C4H9NO.C2H6/c1-6-3-7(4-8)9(2)5-6;1-2-3-5-4-6;1-2/h6-7H,3,5H2,1-2H3;4H,2-3H2,1H3,(H,5,6);1-2H3. The normalized spacial score (nSPS) is 22.4. The number of carbonyl (C=O) groups is 1. The van der Waals surface area contributed by atoms with E-state index < -0.39 is 0 Å². The molecule has 17 heavy (non-hydrogen) atoms. The van der Waals surface area contributed by atoms with Crippen LogP contribution in [0.1, 0.15) is 40.5 Å². The average Bonchev–Trinajstić information content (AvgIpc) is 2.68. The predicted molar refractivity (Wildman–Crippen MR) is 71.5 cm³/mol. The van der Waals surface area contributed by atoms with E-state index in [0.29, 0.717) is 12.3 Å². The van der Waals surface area contributed by atoms with Crippen LogP contribution >= 0.6 is 0 Å². The van der Waals surface area contributed by atoms with Gasteiger partial charge >= 0.3 is 0 Å². The second kappa shape index (κ2) is 13.0. The zero-order valence-corrected chi connectivity index (χ0v) is 11.9. The molecule has 4 heteroatoms. The van der Waals surface area contributed by atoms with Gasteiger partial charge in [0.25, 0.3) is 0 Å². The minimum absolute atomic E-state index is 0.181. The van der Waals surface area contributed by atoms with Crippen LogP contribution < -0.4 is 5.32 Å². The fraction of sp³-hybridized carbons (Fsp3) is 0.846. The molecule has 1 aliphatic heterocycles. The van der Waals surface area contributed by atoms with Gasteiger partial charge in [-0.05, 0) is 25.8 Å². The van der Waals surface area contributed by atoms with Gasteiger partial charge in [-0.1, -0.05) is 27.7 Å². The van der Waals surface area contributed by atoms with Crippen molar-refractivity contribution in [1.82, 2.24) is 10.2 Å². The first-order chi connectivity index (χ1) is 8.15. The molecule has 1 saturated heterocycles. The summed E-state index contributed by atoms with van der Waals surface area (Å²) >= 11 is 0. The van der Waals surface area contributed by atoms with E-state index in [9.17, 15) is 4.79 Å². The van der Waals surface area contributed by atoms with E-state index in [1.54, 1.807) is 0 Å². The molecular formula is C13H27N3O. The molecule has 100 valence electrons. The van der Waals surface area contributed by atoms with Gasteiger partial charge in [0, 0.05) is 13.1 Å². The van der Waals surface area contributed by atoms with Gasteiger partial charge < -0.3 is 5.32 Å². The highest BCUT2D eigenvalue weighted by Crippen LogP contribution is 2.19. The SMILES string of the molecule is CC.CC1CC(C#N)N(C)C1.CCCNC=O. The second-order valence-corrected chi connectivity index (χ2v) is 4.00. The quantitative estimate of drug-likeness (QED) is 0.607. The van der Waals surface area contributed by atoms with Gasteiger partial charge in [0.15, 0.2) is 0 Å². The zero-order valence-electron chi connectivity index (χ0n) is 11.9. The van der Waals surface area contributed by atoms with Crippen molar-refractivity contribution in [3.63, 3.8) is 0 Å². The molecule has 1 rings (SSSR count). The Hall–Kier alpha value is -1.08. The number of nitriles is 1. The van der Waals surface area contributed by atoms with Crippen LogP contribution in [0.4, 0.5) is 0 Å². The van der Waals surface area contributed by atoms with Gasteiger partial charge in [-0.15, -0.1) is 0 Å². The first kappa shape index (κ1) is 18.3. The summed E-state index contributed by atoms with van der Waals surface area (Å²) in [6.45, 7) is 10.1. The highest BCUT2D eigenvalue weighted by molar-refractivity contribution is 5.45. The minimum Gasteiger partial charge on any atom is -0.359 e. The van der Waals surface area contributed by atoms with Crippen molar-refractivity contribution < 1.29 is 4.79 Å². The molecular weight excluding hydrogens is 214 g/mol. The summed E-state index contributed by atoms with van der Waals surface area (Å²) < 4.78 is 0. The Morgan fingerprint density at radius 3 is 2.29 bits per heavy atom. The molecule has 0 radical (unpaired) electrons. The molecule has 1 amide bonds. The molecule has 0 bridgehead atoms. The summed E-state index contributed by atoms with van der Waals surface area (Å²) in [7, 11) is 2.01. The van der Waals surface area contributed by atoms with Crippen molar-refractivity contribution in [3.8, 4) is 6.07 Å². The largest absolute Gasteiger partial charge is 0.359 e. The minimum atomic E-state index is 0.181. The van der Waals surface area contributed by atoms with Crippen LogP contribution in [0.25, 0.3) is 0 Å². The van der Waals surface area contributed by atoms with Crippen LogP contribution in [0, 0.1) is 17.2 Å². The van der Waals surface area contributed by atoms with Crippen LogP contribution in [0.15, 0.2) is 0 Å². The summed E-state index contributed by atoms with van der Waals surface area (Å²) in [5, 5.41) is 11.1. The summed E-state index contributed by atoms with van der Waals surface area (Å²) in [5.74, 6) is 0.708. The van der Waals surface area contributed by atoms with E-state index in [4.69, 9.17) is 5.26 Å². The van der Waals surface area contributed by atoms with Crippen LogP contribution in [0.2, 0.25) is 0 Å². The molecule has 2 unspecified atom stereocenters. The monoisotopic (exact) mass is 241 g/mol. The van der Waals surface area contributed by atoms with Crippen molar-refractivity contribution in [1.29, 1.82) is 5.26 Å². The molecule has 0 saturated carbocycles. The third-order valence-electron chi connectivity index (χ3n) is 2.38. The fourth-order valence-electron chi connectivity index (χ4n) is 1.61. The summed E-state index contributed by atoms with van der Waals surface area (Å²) in [6, 6.07) is 2.45. The maximum absolute atomic E-state index is 9.45. The van der Waals surface area contributed by atoms with E-state index in [2.05, 4.69) is 23.2 Å². The maximum Gasteiger partial charge on any atom is 0.207 e. The molecule has 0 aromatic rings. The van der Waals surface area contributed by atoms with Gasteiger partial charge in [-0.3, -0.25) is 9.69 Å². The number of nitrogens with zero attached hydrogens (tertiary/aromatic N) is 2. The van der Waals surface area contributed by atoms with Crippen LogP contribution in [-0.4, -0.2) is 37.5 Å². The van der Waals surface area contributed by atoms with Crippen molar-refractivity contribution in [3.05, 3.63) is 0 Å². The van der Waals surface area contributed by atoms with E-state index in [0.717, 1.165) is 25.9 Å². The van der Waals surface area contributed by atoms with Gasteiger partial charge in [-0.2, -0.15) is 5.26 Å². The van der Waals surface area contributed by atoms with E-state index in [-0.39, 0.29) is 6.04 Å². The zero-order chi connectivity index (χ0) is 13.7. The third kappa shape index (κ3) is 9.83. The first-order valence-corrected chi connectivity index (χ1v) is 6.42. The number of likely N-dealkylation sites (tertiary alicyclic amines) is 1. The van der Waals surface area contributed by atoms with Crippen molar-refractivity contribution in [2.45, 2.75) is 46.6 Å². The first-order valence-electron chi connectivity index (χ1n) is 6.42. The molecule has 1 N–H and O–H groups in total. The molecule has 0 spiro atoms. The molecule has 2 atom stereocenters. The Kier molecular flexibility index (Phi) is 14.0. The topological polar surface area (TPSA) is 56.1 Å². The Morgan fingerprint density at radius 2 is 2.12 bits per heavy atom. The summed E-state index contributed by atoms with van der Waals surface area (Å²) in [6.07, 6.45) is 2.77. The molecule has 0 aromatic heterocycles. The Morgan fingerprint density at radius 1 is 1.53 bits per heavy atom. The van der Waals surface area contributed by atoms with Crippen molar-refractivity contribution in [2.75, 3.05) is 20.1 Å². The Labute approximate surface area is 106 Å². The van der Waals surface area contributed by atoms with Crippen LogP contribution in [-0.2, 0) is 4.79 Å². The number of amides is 1. The number of rotatable bonds is 3. The highest BCUT2D eigenvalue weighted by Gasteiger charge is 2.25. The van der Waals surface area contributed by atoms with Crippen molar-refractivity contribution in [2.24, 2.45) is 5.92 Å². The lowest BCUT2D eigenvalue weighted by atomic mass is 10.1. The van der Waals surface area contributed by atoms with Crippen LogP contribution in [0.5, 0.6) is 0 Å². The van der Waals surface area contributed by atoms with Crippen molar-refractivity contribution >= 4 is 6.41 Å². The molecule has 0 aromatic carbocycles. The number of hydrogen-bond acceptors (Lipinski definition) is 3. The predicted octanol–water partition coefficient (Wildman–Crippen LogP) is 2.02. The molecule has 1 fully saturated rings. The van der Waals surface area contributed by atoms with Gasteiger partial charge in [0.1, 0.15) is 0 Å². The van der Waals surface area contributed by atoms with Gasteiger partial charge in [0.2, 0.25) is 6.41 Å². The average molecular weight is 241 g/mol. The number of carbonyl (C=O) groups excluding carboxylic acids is 1. The maximum atomic E-state index is 9.45. The van der Waals surface area contributed by atoms with E-state index in [1.807, 2.05) is 27.8 Å². The molecule has 1 heterocycles. The smallest absolute Gasteiger partial charge is 0.207 e. The van der Waals surface area contributed by atoms with Gasteiger partial charge in [0.05, 0.1) is 12.1 Å².